The standard InChI is InChI=1S/C59H42N4/c1-6-18-47(19-7-1)61(48-20-8-2-9-21-48)52-36-34-44(35-37-52)43-30-32-45(33-31-43)55-40-46(41-56-54-28-16-17-29-58(54)63(59(55)56)51-26-14-5-15-27-51)57-39-38-53(42-60-57)62(49-22-10-3-11-23-49)50-24-12-4-13-25-50/h1-42H. The van der Waals surface area contributed by atoms with Crippen molar-refractivity contribution in [2.45, 2.75) is 0 Å². The lowest BCUT2D eigenvalue weighted by atomic mass is 9.95. The molecule has 0 unspecified atom stereocenters. The maximum absolute atomic E-state index is 5.17. The van der Waals surface area contributed by atoms with Gasteiger partial charge in [0.15, 0.2) is 0 Å². The van der Waals surface area contributed by atoms with E-state index in [1.54, 1.807) is 0 Å². The molecule has 0 aliphatic heterocycles. The molecule has 9 aromatic carbocycles. The molecule has 0 aliphatic rings. The van der Waals surface area contributed by atoms with Gasteiger partial charge in [-0.05, 0) is 120 Å². The first-order valence-electron chi connectivity index (χ1n) is 21.4. The van der Waals surface area contributed by atoms with Gasteiger partial charge in [0.2, 0.25) is 0 Å². The van der Waals surface area contributed by atoms with Crippen molar-refractivity contribution in [2.75, 3.05) is 9.80 Å². The van der Waals surface area contributed by atoms with E-state index in [-0.39, 0.29) is 0 Å². The van der Waals surface area contributed by atoms with E-state index >= 15 is 0 Å². The summed E-state index contributed by atoms with van der Waals surface area (Å²) in [4.78, 5) is 9.71. The summed E-state index contributed by atoms with van der Waals surface area (Å²) in [5, 5.41) is 2.39. The predicted molar refractivity (Wildman–Crippen MR) is 264 cm³/mol. The Hall–Kier alpha value is -8.47. The number of hydrogen-bond donors (Lipinski definition) is 0. The zero-order valence-electron chi connectivity index (χ0n) is 34.5. The van der Waals surface area contributed by atoms with E-state index in [0.29, 0.717) is 0 Å². The molecule has 0 spiro atoms. The Balaban J connectivity index is 1.01. The van der Waals surface area contributed by atoms with Crippen LogP contribution in [0.15, 0.2) is 255 Å². The SMILES string of the molecule is c1ccc(N(c2ccccc2)c2ccc(-c3ccc(-c4cc(-c5ccc(N(c6ccccc6)c6ccccc6)cn5)cc5c6ccccc6n(-c6ccccc6)c45)cc3)cc2)cc1. The number of rotatable bonds is 10. The average molecular weight is 807 g/mol. The van der Waals surface area contributed by atoms with Gasteiger partial charge in [0.1, 0.15) is 0 Å². The van der Waals surface area contributed by atoms with Crippen LogP contribution in [0.3, 0.4) is 0 Å². The Bertz CT molecular complexity index is 3200. The highest BCUT2D eigenvalue weighted by molar-refractivity contribution is 6.15. The van der Waals surface area contributed by atoms with Gasteiger partial charge in [0.25, 0.3) is 0 Å². The molecule has 11 aromatic rings. The van der Waals surface area contributed by atoms with Crippen LogP contribution < -0.4 is 9.80 Å². The van der Waals surface area contributed by atoms with Crippen molar-refractivity contribution in [1.29, 1.82) is 0 Å². The molecule has 4 nitrogen and oxygen atoms in total. The zero-order valence-corrected chi connectivity index (χ0v) is 34.5. The topological polar surface area (TPSA) is 24.3 Å². The summed E-state index contributed by atoms with van der Waals surface area (Å²) in [6, 6.07) is 88.3. The van der Waals surface area contributed by atoms with Crippen LogP contribution in [0.2, 0.25) is 0 Å². The minimum Gasteiger partial charge on any atom is -0.311 e. The van der Waals surface area contributed by atoms with Crippen LogP contribution in [0, 0.1) is 0 Å². The van der Waals surface area contributed by atoms with Crippen LogP contribution in [-0.4, -0.2) is 9.55 Å². The van der Waals surface area contributed by atoms with Crippen molar-refractivity contribution < 1.29 is 0 Å². The van der Waals surface area contributed by atoms with E-state index in [9.17, 15) is 0 Å². The van der Waals surface area contributed by atoms with Gasteiger partial charge in [-0.2, -0.15) is 0 Å². The lowest BCUT2D eigenvalue weighted by Crippen LogP contribution is -2.10. The fourth-order valence-corrected chi connectivity index (χ4v) is 8.85. The number of fused-ring (bicyclic) bond motifs is 3. The number of para-hydroxylation sites is 6. The number of aromatic nitrogens is 2. The molecule has 0 radical (unpaired) electrons. The number of benzene rings is 9. The average Bonchev–Trinajstić information content (AvgIpc) is 3.70. The molecular weight excluding hydrogens is 765 g/mol. The summed E-state index contributed by atoms with van der Waals surface area (Å²) in [6.07, 6.45) is 1.99. The van der Waals surface area contributed by atoms with Gasteiger partial charge in [-0.15, -0.1) is 0 Å². The molecule has 63 heavy (non-hydrogen) atoms. The van der Waals surface area contributed by atoms with Gasteiger partial charge in [0, 0.05) is 56.0 Å². The van der Waals surface area contributed by atoms with Crippen molar-refractivity contribution in [2.24, 2.45) is 0 Å². The van der Waals surface area contributed by atoms with Crippen LogP contribution in [-0.2, 0) is 0 Å². The third-order valence-corrected chi connectivity index (χ3v) is 11.8. The predicted octanol–water partition coefficient (Wildman–Crippen LogP) is 16.1. The minimum atomic E-state index is 0.913. The smallest absolute Gasteiger partial charge is 0.0704 e. The van der Waals surface area contributed by atoms with Gasteiger partial charge in [0.05, 0.1) is 28.6 Å². The lowest BCUT2D eigenvalue weighted by molar-refractivity contribution is 1.18. The van der Waals surface area contributed by atoms with Crippen molar-refractivity contribution in [3.05, 3.63) is 255 Å². The summed E-state index contributed by atoms with van der Waals surface area (Å²) in [6.45, 7) is 0. The van der Waals surface area contributed by atoms with E-state index in [1.165, 1.54) is 21.8 Å². The first-order chi connectivity index (χ1) is 31.3. The summed E-state index contributed by atoms with van der Waals surface area (Å²) >= 11 is 0. The second-order valence-electron chi connectivity index (χ2n) is 15.6. The van der Waals surface area contributed by atoms with Crippen LogP contribution in [0.4, 0.5) is 34.1 Å². The fourth-order valence-electron chi connectivity index (χ4n) is 8.85. The third-order valence-electron chi connectivity index (χ3n) is 11.8. The molecule has 0 fully saturated rings. The van der Waals surface area contributed by atoms with Crippen molar-refractivity contribution in [3.8, 4) is 39.2 Å². The Kier molecular flexibility index (Phi) is 9.85. The largest absolute Gasteiger partial charge is 0.311 e. The van der Waals surface area contributed by atoms with Crippen LogP contribution in [0.1, 0.15) is 0 Å². The van der Waals surface area contributed by atoms with Crippen LogP contribution >= 0.6 is 0 Å². The highest BCUT2D eigenvalue weighted by atomic mass is 15.1. The highest BCUT2D eigenvalue weighted by Crippen LogP contribution is 2.43. The number of anilines is 6. The summed E-state index contributed by atoms with van der Waals surface area (Å²) in [5.74, 6) is 0. The normalized spacial score (nSPS) is 11.2. The minimum absolute atomic E-state index is 0.913. The summed E-state index contributed by atoms with van der Waals surface area (Å²) in [5.41, 5.74) is 16.5. The Labute approximate surface area is 367 Å². The molecule has 0 saturated carbocycles. The molecule has 11 rings (SSSR count). The summed E-state index contributed by atoms with van der Waals surface area (Å²) < 4.78 is 2.41. The molecule has 2 heterocycles. The Morgan fingerprint density at radius 1 is 0.317 bits per heavy atom. The van der Waals surface area contributed by atoms with Crippen LogP contribution in [0.5, 0.6) is 0 Å². The van der Waals surface area contributed by atoms with Gasteiger partial charge < -0.3 is 14.4 Å². The molecule has 2 aromatic heterocycles. The van der Waals surface area contributed by atoms with Crippen molar-refractivity contribution in [1.82, 2.24) is 9.55 Å². The number of pyridine rings is 1. The van der Waals surface area contributed by atoms with E-state index in [0.717, 1.165) is 73.3 Å². The Morgan fingerprint density at radius 2 is 0.746 bits per heavy atom. The van der Waals surface area contributed by atoms with E-state index in [2.05, 4.69) is 251 Å². The zero-order chi connectivity index (χ0) is 42.0. The molecule has 0 N–H and O–H groups in total. The van der Waals surface area contributed by atoms with Gasteiger partial charge in [-0.1, -0.05) is 146 Å². The van der Waals surface area contributed by atoms with E-state index in [4.69, 9.17) is 4.98 Å². The van der Waals surface area contributed by atoms with Crippen LogP contribution in [0.25, 0.3) is 61.0 Å². The maximum atomic E-state index is 5.17. The first kappa shape index (κ1) is 37.5. The highest BCUT2D eigenvalue weighted by Gasteiger charge is 2.20. The molecule has 298 valence electrons. The van der Waals surface area contributed by atoms with Gasteiger partial charge in [-0.25, -0.2) is 0 Å². The molecule has 0 aliphatic carbocycles. The molecule has 0 saturated heterocycles. The molecule has 0 amide bonds. The maximum Gasteiger partial charge on any atom is 0.0704 e. The van der Waals surface area contributed by atoms with E-state index in [1.807, 2.05) is 18.3 Å². The molecule has 0 atom stereocenters. The van der Waals surface area contributed by atoms with Gasteiger partial charge >= 0.3 is 0 Å². The molecule has 0 bridgehead atoms. The fraction of sp³-hybridized carbons (Fsp3) is 0. The third kappa shape index (κ3) is 7.20. The Morgan fingerprint density at radius 3 is 1.27 bits per heavy atom. The quantitative estimate of drug-likeness (QED) is 0.138. The molecule has 4 heteroatoms. The second-order valence-corrected chi connectivity index (χ2v) is 15.6. The van der Waals surface area contributed by atoms with Crippen molar-refractivity contribution >= 4 is 55.9 Å². The number of nitrogens with zero attached hydrogens (tertiary/aromatic N) is 4. The number of hydrogen-bond acceptors (Lipinski definition) is 3. The summed E-state index contributed by atoms with van der Waals surface area (Å²) in [7, 11) is 0. The van der Waals surface area contributed by atoms with Gasteiger partial charge in [-0.3, -0.25) is 4.98 Å². The lowest BCUT2D eigenvalue weighted by Gasteiger charge is -2.25. The second kappa shape index (κ2) is 16.5. The monoisotopic (exact) mass is 806 g/mol. The first-order valence-corrected chi connectivity index (χ1v) is 21.4. The van der Waals surface area contributed by atoms with Crippen molar-refractivity contribution in [3.63, 3.8) is 0 Å². The van der Waals surface area contributed by atoms with E-state index < -0.39 is 0 Å². The molecular formula is C59H42N4.